The summed E-state index contributed by atoms with van der Waals surface area (Å²) < 4.78 is 0. The molecule has 0 bridgehead atoms. The van der Waals surface area contributed by atoms with Gasteiger partial charge < -0.3 is 20.4 Å². The molecule has 4 N–H and O–H groups in total. The van der Waals surface area contributed by atoms with Gasteiger partial charge in [-0.15, -0.1) is 0 Å². The molecule has 258 valence electrons. The van der Waals surface area contributed by atoms with Gasteiger partial charge in [0, 0.05) is 45.4 Å². The highest BCUT2D eigenvalue weighted by Gasteiger charge is 2.48. The van der Waals surface area contributed by atoms with Crippen LogP contribution in [-0.4, -0.2) is 138 Å². The van der Waals surface area contributed by atoms with E-state index in [4.69, 9.17) is 0 Å². The Labute approximate surface area is 257 Å². The molecule has 0 amide bonds. The zero-order valence-electron chi connectivity index (χ0n) is 26.5. The average Bonchev–Trinajstić information content (AvgIpc) is 3.00. The van der Waals surface area contributed by atoms with E-state index in [0.29, 0.717) is 25.7 Å². The molecule has 0 aliphatic carbocycles. The second-order valence-corrected chi connectivity index (χ2v) is 11.8. The molecule has 0 radical (unpaired) electrons. The van der Waals surface area contributed by atoms with Crippen LogP contribution in [0, 0.1) is 40.5 Å². The third-order valence-corrected chi connectivity index (χ3v) is 9.13. The van der Waals surface area contributed by atoms with Crippen molar-refractivity contribution in [1.29, 1.82) is 0 Å². The van der Waals surface area contributed by atoms with Crippen molar-refractivity contribution in [2.24, 2.45) is 0 Å². The predicted molar refractivity (Wildman–Crippen MR) is 160 cm³/mol. The molecule has 0 saturated heterocycles. The molecule has 0 aliphatic rings. The Morgan fingerprint density at radius 1 is 0.455 bits per heavy atom. The smallest absolute Gasteiger partial charge is 0.256 e. The minimum Gasteiger partial charge on any atom is -0.389 e. The molecule has 4 atom stereocenters. The van der Waals surface area contributed by atoms with Crippen LogP contribution in [0.5, 0.6) is 0 Å². The highest BCUT2D eigenvalue weighted by atomic mass is 16.6. The quantitative estimate of drug-likeness (QED) is 0.0550. The number of nitrogens with zero attached hydrogens (tertiary/aromatic N) is 6. The van der Waals surface area contributed by atoms with E-state index in [9.17, 15) is 60.9 Å². The van der Waals surface area contributed by atoms with Gasteiger partial charge in [0.2, 0.25) is 0 Å². The Morgan fingerprint density at radius 2 is 0.659 bits per heavy atom. The Bertz CT molecular complexity index is 772. The molecule has 0 aromatic rings. The second kappa shape index (κ2) is 19.0. The van der Waals surface area contributed by atoms with Gasteiger partial charge in [0.25, 0.3) is 22.2 Å². The molecule has 0 spiro atoms. The highest BCUT2D eigenvalue weighted by Crippen LogP contribution is 2.24. The van der Waals surface area contributed by atoms with Crippen LogP contribution in [0.3, 0.4) is 0 Å². The third kappa shape index (κ3) is 10.5. The number of aliphatic hydroxyl groups is 4. The van der Waals surface area contributed by atoms with E-state index >= 15 is 0 Å². The Kier molecular flexibility index (Phi) is 17.9. The molecule has 18 nitrogen and oxygen atoms in total. The van der Waals surface area contributed by atoms with Crippen molar-refractivity contribution < 1.29 is 40.1 Å². The van der Waals surface area contributed by atoms with Crippen LogP contribution in [0.4, 0.5) is 0 Å². The fourth-order valence-electron chi connectivity index (χ4n) is 5.19. The molecular weight excluding hydrogens is 588 g/mol. The first-order chi connectivity index (χ1) is 20.6. The van der Waals surface area contributed by atoms with Crippen LogP contribution < -0.4 is 0 Å². The third-order valence-electron chi connectivity index (χ3n) is 9.13. The summed E-state index contributed by atoms with van der Waals surface area (Å²) in [6, 6.07) is 0. The van der Waals surface area contributed by atoms with Crippen molar-refractivity contribution in [2.45, 2.75) is 101 Å². The molecule has 0 heterocycles. The molecule has 0 aromatic carbocycles. The van der Waals surface area contributed by atoms with Crippen molar-refractivity contribution in [3.8, 4) is 0 Å². The maximum atomic E-state index is 11.8. The summed E-state index contributed by atoms with van der Waals surface area (Å²) in [5, 5.41) is 86.6. The molecule has 0 rings (SSSR count). The van der Waals surface area contributed by atoms with E-state index in [-0.39, 0.29) is 65.0 Å². The number of rotatable bonds is 27. The topological polar surface area (TPSA) is 260 Å². The summed E-state index contributed by atoms with van der Waals surface area (Å²) in [7, 11) is 0. The van der Waals surface area contributed by atoms with Crippen LogP contribution in [-0.2, 0) is 0 Å². The summed E-state index contributed by atoms with van der Waals surface area (Å²) in [4.78, 5) is 48.0. The number of aliphatic hydroxyl groups excluding tert-OH is 4. The van der Waals surface area contributed by atoms with Crippen molar-refractivity contribution in [3.63, 3.8) is 0 Å². The second-order valence-electron chi connectivity index (χ2n) is 11.8. The van der Waals surface area contributed by atoms with Gasteiger partial charge in [0.05, 0.1) is 26.2 Å². The molecule has 0 aromatic heterocycles. The molecule has 0 saturated carbocycles. The monoisotopic (exact) mass is 640 g/mol. The van der Waals surface area contributed by atoms with Gasteiger partial charge >= 0.3 is 0 Å². The number of hydrogen-bond acceptors (Lipinski definition) is 14. The molecule has 0 fully saturated rings. The number of nitro groups is 4. The first kappa shape index (κ1) is 41.4. The van der Waals surface area contributed by atoms with E-state index in [1.165, 1.54) is 9.80 Å². The zero-order valence-corrected chi connectivity index (χ0v) is 26.5. The predicted octanol–water partition coefficient (Wildman–Crippen LogP) is 0.822. The standard InChI is InChI=1S/C26H52N6O12/c1-5-23(19-33,29(37)38)15-27(16-24(6-2,20-34)30(39)40)13-11-9-10-12-14-28(17-25(7-3,21-35)31(41)42)18-26(8-4,22-36)32(43)44/h33-36H,5-22H2,1-4H3. The maximum Gasteiger partial charge on any atom is 0.256 e. The lowest BCUT2D eigenvalue weighted by molar-refractivity contribution is -0.583. The fourth-order valence-corrected chi connectivity index (χ4v) is 5.19. The first-order valence-corrected chi connectivity index (χ1v) is 15.1. The normalized spacial score (nSPS) is 17.4. The van der Waals surface area contributed by atoms with Crippen LogP contribution in [0.1, 0.15) is 79.1 Å². The van der Waals surface area contributed by atoms with Gasteiger partial charge in [0.1, 0.15) is 26.4 Å². The van der Waals surface area contributed by atoms with E-state index < -0.39 is 68.3 Å². The largest absolute Gasteiger partial charge is 0.389 e. The summed E-state index contributed by atoms with van der Waals surface area (Å²) in [5.74, 6) is 0. The van der Waals surface area contributed by atoms with E-state index in [1.54, 1.807) is 27.7 Å². The Hall–Kier alpha value is -2.64. The van der Waals surface area contributed by atoms with E-state index in [1.807, 2.05) is 0 Å². The zero-order chi connectivity index (χ0) is 34.2. The molecule has 18 heteroatoms. The van der Waals surface area contributed by atoms with Gasteiger partial charge in [-0.05, 0) is 25.9 Å². The van der Waals surface area contributed by atoms with Gasteiger partial charge in [-0.2, -0.15) is 0 Å². The van der Waals surface area contributed by atoms with E-state index in [2.05, 4.69) is 0 Å². The van der Waals surface area contributed by atoms with Crippen LogP contribution in [0.25, 0.3) is 0 Å². The number of hydrogen-bond donors (Lipinski definition) is 4. The van der Waals surface area contributed by atoms with Crippen LogP contribution in [0.2, 0.25) is 0 Å². The molecule has 0 aliphatic heterocycles. The van der Waals surface area contributed by atoms with Gasteiger partial charge in [0.15, 0.2) is 0 Å². The Morgan fingerprint density at radius 3 is 0.795 bits per heavy atom. The van der Waals surface area contributed by atoms with Crippen molar-refractivity contribution in [2.75, 3.05) is 65.7 Å². The van der Waals surface area contributed by atoms with Crippen LogP contribution >= 0.6 is 0 Å². The summed E-state index contributed by atoms with van der Waals surface area (Å²) in [6.45, 7) is 2.43. The minimum absolute atomic E-state index is 0.0198. The first-order valence-electron chi connectivity index (χ1n) is 15.1. The minimum atomic E-state index is -1.74. The average molecular weight is 641 g/mol. The van der Waals surface area contributed by atoms with Gasteiger partial charge in [-0.1, -0.05) is 40.5 Å². The fraction of sp³-hybridized carbons (Fsp3) is 1.00. The lowest BCUT2D eigenvalue weighted by Crippen LogP contribution is -2.57. The van der Waals surface area contributed by atoms with Crippen molar-refractivity contribution in [1.82, 2.24) is 9.80 Å². The summed E-state index contributed by atoms with van der Waals surface area (Å²) in [6.07, 6.45) is 1.89. The maximum absolute atomic E-state index is 11.8. The van der Waals surface area contributed by atoms with Crippen molar-refractivity contribution >= 4 is 0 Å². The van der Waals surface area contributed by atoms with Gasteiger partial charge in [-0.3, -0.25) is 50.3 Å². The summed E-state index contributed by atoms with van der Waals surface area (Å²) in [5.41, 5.74) is -6.96. The molecular formula is C26H52N6O12. The summed E-state index contributed by atoms with van der Waals surface area (Å²) >= 11 is 0. The molecule has 4 unspecified atom stereocenters. The van der Waals surface area contributed by atoms with Crippen LogP contribution in [0.15, 0.2) is 0 Å². The number of unbranched alkanes of at least 4 members (excludes halogenated alkanes) is 3. The Balaban J connectivity index is 5.73. The van der Waals surface area contributed by atoms with Gasteiger partial charge in [-0.25, -0.2) is 0 Å². The SMILES string of the molecule is CCC(CO)(CN(CCCCCCN(CC(CC)(CO)[N+](=O)[O-])CC(CC)(CO)[N+](=O)[O-])CC(CC)(CO)[N+](=O)[O-])[N+](=O)[O-]. The molecule has 44 heavy (non-hydrogen) atoms. The lowest BCUT2D eigenvalue weighted by atomic mass is 9.93. The highest BCUT2D eigenvalue weighted by molar-refractivity contribution is 4.89. The van der Waals surface area contributed by atoms with E-state index in [0.717, 1.165) is 0 Å². The van der Waals surface area contributed by atoms with Crippen molar-refractivity contribution in [3.05, 3.63) is 40.5 Å². The lowest BCUT2D eigenvalue weighted by Gasteiger charge is -2.34.